The molecule has 0 spiro atoms. The van der Waals surface area contributed by atoms with Gasteiger partial charge in [-0.15, -0.1) is 22.7 Å². The standard InChI is InChI=1S/C19H16ClNO2S2/c20-16-6-5-15(25-16)17-18-13(8-10-24-18)7-9-21(17)19(23)14-3-1-12(11-22)2-4-14/h1-6,8,10,17,22H,7,9,11H2. The van der Waals surface area contributed by atoms with Gasteiger partial charge in [0.15, 0.2) is 0 Å². The number of rotatable bonds is 3. The highest BCUT2D eigenvalue weighted by atomic mass is 35.5. The van der Waals surface area contributed by atoms with Crippen LogP contribution in [-0.2, 0) is 13.0 Å². The van der Waals surface area contributed by atoms with Crippen molar-refractivity contribution >= 4 is 40.2 Å². The molecule has 6 heteroatoms. The topological polar surface area (TPSA) is 40.5 Å². The third kappa shape index (κ3) is 3.13. The van der Waals surface area contributed by atoms with Crippen molar-refractivity contribution in [1.82, 2.24) is 4.90 Å². The number of fused-ring (bicyclic) bond motifs is 1. The summed E-state index contributed by atoms with van der Waals surface area (Å²) in [6.45, 7) is 0.664. The summed E-state index contributed by atoms with van der Waals surface area (Å²) in [5.41, 5.74) is 2.77. The monoisotopic (exact) mass is 389 g/mol. The summed E-state index contributed by atoms with van der Waals surface area (Å²) < 4.78 is 0.735. The van der Waals surface area contributed by atoms with Gasteiger partial charge < -0.3 is 10.0 Å². The van der Waals surface area contributed by atoms with Crippen molar-refractivity contribution in [2.45, 2.75) is 19.1 Å². The third-order valence-corrected chi connectivity index (χ3v) is 6.77. The Morgan fingerprint density at radius 3 is 2.68 bits per heavy atom. The molecule has 0 bridgehead atoms. The Bertz CT molecular complexity index is 900. The van der Waals surface area contributed by atoms with Crippen LogP contribution in [0.2, 0.25) is 4.34 Å². The first-order valence-corrected chi connectivity index (χ1v) is 10.1. The molecule has 25 heavy (non-hydrogen) atoms. The summed E-state index contributed by atoms with van der Waals surface area (Å²) in [7, 11) is 0. The number of hydrogen-bond acceptors (Lipinski definition) is 4. The lowest BCUT2D eigenvalue weighted by molar-refractivity contribution is 0.0700. The van der Waals surface area contributed by atoms with Crippen LogP contribution in [0.25, 0.3) is 0 Å². The SMILES string of the molecule is O=C(c1ccc(CO)cc1)N1CCc2ccsc2C1c1ccc(Cl)s1. The zero-order valence-electron chi connectivity index (χ0n) is 13.3. The van der Waals surface area contributed by atoms with E-state index in [-0.39, 0.29) is 18.6 Å². The molecule has 3 nitrogen and oxygen atoms in total. The van der Waals surface area contributed by atoms with Crippen LogP contribution in [0.1, 0.15) is 37.3 Å². The van der Waals surface area contributed by atoms with Crippen LogP contribution in [-0.4, -0.2) is 22.5 Å². The minimum Gasteiger partial charge on any atom is -0.392 e. The average Bonchev–Trinajstić information content (AvgIpc) is 3.29. The van der Waals surface area contributed by atoms with Crippen LogP contribution in [0, 0.1) is 0 Å². The fraction of sp³-hybridized carbons (Fsp3) is 0.211. The first-order chi connectivity index (χ1) is 12.2. The van der Waals surface area contributed by atoms with E-state index in [1.165, 1.54) is 21.8 Å². The maximum Gasteiger partial charge on any atom is 0.254 e. The van der Waals surface area contributed by atoms with Crippen molar-refractivity contribution in [2.75, 3.05) is 6.54 Å². The van der Waals surface area contributed by atoms with Gasteiger partial charge in [-0.25, -0.2) is 0 Å². The first kappa shape index (κ1) is 16.8. The Morgan fingerprint density at radius 1 is 1.20 bits per heavy atom. The van der Waals surface area contributed by atoms with Gasteiger partial charge in [0.05, 0.1) is 10.9 Å². The van der Waals surface area contributed by atoms with E-state index in [9.17, 15) is 9.90 Å². The number of amides is 1. The quantitative estimate of drug-likeness (QED) is 0.702. The predicted molar refractivity (Wildman–Crippen MR) is 103 cm³/mol. The summed E-state index contributed by atoms with van der Waals surface area (Å²) >= 11 is 9.38. The molecule has 2 aromatic heterocycles. The van der Waals surface area contributed by atoms with Crippen LogP contribution in [0.4, 0.5) is 0 Å². The maximum atomic E-state index is 13.2. The molecule has 0 radical (unpaired) electrons. The highest BCUT2D eigenvalue weighted by molar-refractivity contribution is 7.16. The molecule has 0 aliphatic carbocycles. The van der Waals surface area contributed by atoms with E-state index in [0.717, 1.165) is 21.2 Å². The lowest BCUT2D eigenvalue weighted by atomic mass is 9.99. The molecule has 3 aromatic rings. The van der Waals surface area contributed by atoms with Gasteiger partial charge in [0.2, 0.25) is 0 Å². The van der Waals surface area contributed by atoms with Gasteiger partial charge in [-0.05, 0) is 53.3 Å². The van der Waals surface area contributed by atoms with Gasteiger partial charge in [0, 0.05) is 21.9 Å². The van der Waals surface area contributed by atoms with E-state index in [4.69, 9.17) is 11.6 Å². The summed E-state index contributed by atoms with van der Waals surface area (Å²) in [4.78, 5) is 17.4. The van der Waals surface area contributed by atoms with E-state index < -0.39 is 0 Å². The van der Waals surface area contributed by atoms with Crippen LogP contribution < -0.4 is 0 Å². The molecule has 1 aliphatic heterocycles. The first-order valence-electron chi connectivity index (χ1n) is 7.99. The number of aliphatic hydroxyl groups excluding tert-OH is 1. The maximum absolute atomic E-state index is 13.2. The lowest BCUT2D eigenvalue weighted by Crippen LogP contribution is -2.39. The molecule has 0 saturated heterocycles. The summed E-state index contributed by atoms with van der Waals surface area (Å²) in [6, 6.07) is 13.2. The minimum absolute atomic E-state index is 0.0121. The third-order valence-electron chi connectivity index (χ3n) is 4.47. The van der Waals surface area contributed by atoms with E-state index in [0.29, 0.717) is 12.1 Å². The zero-order chi connectivity index (χ0) is 17.4. The highest BCUT2D eigenvalue weighted by Crippen LogP contribution is 2.42. The second-order valence-electron chi connectivity index (χ2n) is 5.96. The van der Waals surface area contributed by atoms with E-state index in [1.54, 1.807) is 35.6 Å². The van der Waals surface area contributed by atoms with Crippen molar-refractivity contribution in [3.8, 4) is 0 Å². The Hall–Kier alpha value is -1.66. The Labute approximate surface area is 159 Å². The Kier molecular flexibility index (Phi) is 4.65. The predicted octanol–water partition coefficient (Wildman–Crippen LogP) is 4.74. The molecule has 1 unspecified atom stereocenters. The Morgan fingerprint density at radius 2 is 2.00 bits per heavy atom. The molecular weight excluding hydrogens is 374 g/mol. The van der Waals surface area contributed by atoms with E-state index in [1.807, 2.05) is 17.0 Å². The molecule has 3 heterocycles. The highest BCUT2D eigenvalue weighted by Gasteiger charge is 2.34. The number of hydrogen-bond donors (Lipinski definition) is 1. The average molecular weight is 390 g/mol. The summed E-state index contributed by atoms with van der Waals surface area (Å²) in [5.74, 6) is 0.0121. The molecule has 0 saturated carbocycles. The molecule has 1 atom stereocenters. The summed E-state index contributed by atoms with van der Waals surface area (Å²) in [5, 5.41) is 11.3. The molecule has 128 valence electrons. The van der Waals surface area contributed by atoms with Crippen LogP contribution in [0.15, 0.2) is 47.8 Å². The molecule has 1 N–H and O–H groups in total. The minimum atomic E-state index is -0.0775. The number of carbonyl (C=O) groups excluding carboxylic acids is 1. The number of thiophene rings is 2. The van der Waals surface area contributed by atoms with Gasteiger partial charge in [0.25, 0.3) is 5.91 Å². The molecule has 4 rings (SSSR count). The van der Waals surface area contributed by atoms with Crippen LogP contribution in [0.5, 0.6) is 0 Å². The van der Waals surface area contributed by atoms with Crippen molar-refractivity contribution < 1.29 is 9.90 Å². The van der Waals surface area contributed by atoms with Crippen molar-refractivity contribution in [1.29, 1.82) is 0 Å². The zero-order valence-corrected chi connectivity index (χ0v) is 15.7. The van der Waals surface area contributed by atoms with Crippen LogP contribution >= 0.6 is 34.3 Å². The fourth-order valence-electron chi connectivity index (χ4n) is 3.20. The van der Waals surface area contributed by atoms with E-state index >= 15 is 0 Å². The molecule has 1 amide bonds. The molecule has 1 aliphatic rings. The van der Waals surface area contributed by atoms with Crippen molar-refractivity contribution in [3.63, 3.8) is 0 Å². The Balaban J connectivity index is 1.72. The van der Waals surface area contributed by atoms with Gasteiger partial charge in [-0.1, -0.05) is 23.7 Å². The van der Waals surface area contributed by atoms with E-state index in [2.05, 4.69) is 11.4 Å². The molecule has 0 fully saturated rings. The number of aliphatic hydroxyl groups is 1. The van der Waals surface area contributed by atoms with Gasteiger partial charge in [0.1, 0.15) is 6.04 Å². The number of benzene rings is 1. The van der Waals surface area contributed by atoms with Gasteiger partial charge >= 0.3 is 0 Å². The van der Waals surface area contributed by atoms with Crippen molar-refractivity contribution in [2.24, 2.45) is 0 Å². The second kappa shape index (κ2) is 6.92. The van der Waals surface area contributed by atoms with Gasteiger partial charge in [-0.2, -0.15) is 0 Å². The molecular formula is C19H16ClNO2S2. The second-order valence-corrected chi connectivity index (χ2v) is 8.65. The number of nitrogens with zero attached hydrogens (tertiary/aromatic N) is 1. The summed E-state index contributed by atoms with van der Waals surface area (Å²) in [6.07, 6.45) is 0.870. The number of halogens is 1. The lowest BCUT2D eigenvalue weighted by Gasteiger charge is -2.35. The smallest absolute Gasteiger partial charge is 0.254 e. The number of carbonyl (C=O) groups is 1. The fourth-order valence-corrected chi connectivity index (χ4v) is 5.54. The normalized spacial score (nSPS) is 16.7. The van der Waals surface area contributed by atoms with Crippen LogP contribution in [0.3, 0.4) is 0 Å². The van der Waals surface area contributed by atoms with Crippen molar-refractivity contribution in [3.05, 3.63) is 78.6 Å². The molecule has 1 aromatic carbocycles. The van der Waals surface area contributed by atoms with Gasteiger partial charge in [-0.3, -0.25) is 4.79 Å². The largest absolute Gasteiger partial charge is 0.392 e.